The zero-order chi connectivity index (χ0) is 27.3. The van der Waals surface area contributed by atoms with Crippen LogP contribution in [0.5, 0.6) is 0 Å². The molecule has 36 heavy (non-hydrogen) atoms. The van der Waals surface area contributed by atoms with Gasteiger partial charge in [0, 0.05) is 0 Å². The quantitative estimate of drug-likeness (QED) is 0.332. The summed E-state index contributed by atoms with van der Waals surface area (Å²) in [5.41, 5.74) is 2.86. The van der Waals surface area contributed by atoms with E-state index in [1.165, 1.54) is 64.2 Å². The summed E-state index contributed by atoms with van der Waals surface area (Å²) in [4.78, 5) is 0. The summed E-state index contributed by atoms with van der Waals surface area (Å²) in [6.07, 6.45) is 16.5. The van der Waals surface area contributed by atoms with Gasteiger partial charge in [0.1, 0.15) is 0 Å². The van der Waals surface area contributed by atoms with Crippen molar-refractivity contribution in [3.8, 4) is 0 Å². The van der Waals surface area contributed by atoms with Crippen LogP contribution >= 0.6 is 0 Å². The summed E-state index contributed by atoms with van der Waals surface area (Å²) in [5, 5.41) is 0. The van der Waals surface area contributed by atoms with Crippen LogP contribution in [0, 0.1) is 68.5 Å². The van der Waals surface area contributed by atoms with E-state index in [0.29, 0.717) is 27.1 Å². The third-order valence-corrected chi connectivity index (χ3v) is 14.8. The molecule has 5 saturated carbocycles. The third-order valence-electron chi connectivity index (χ3n) is 14.8. The van der Waals surface area contributed by atoms with E-state index in [2.05, 4.69) is 75.5 Å². The number of hydrogen-bond acceptors (Lipinski definition) is 0. The second-order valence-electron chi connectivity index (χ2n) is 15.7. The van der Waals surface area contributed by atoms with Crippen molar-refractivity contribution in [1.29, 1.82) is 0 Å². The zero-order valence-electron chi connectivity index (χ0n) is 26.7. The molecule has 0 aromatic heterocycles. The maximum absolute atomic E-state index is 3.00. The van der Waals surface area contributed by atoms with Crippen LogP contribution < -0.4 is 0 Å². The van der Waals surface area contributed by atoms with E-state index < -0.39 is 0 Å². The minimum atomic E-state index is 0.518. The van der Waals surface area contributed by atoms with Gasteiger partial charge in [0.25, 0.3) is 0 Å². The Morgan fingerprint density at radius 1 is 0.722 bits per heavy atom. The van der Waals surface area contributed by atoms with Crippen LogP contribution in [0.2, 0.25) is 0 Å². The number of fused-ring (bicyclic) bond motifs is 7. The van der Waals surface area contributed by atoms with Crippen LogP contribution in [-0.4, -0.2) is 0 Å². The smallest absolute Gasteiger partial charge is 0.0235 e. The SMILES string of the molecule is C=C.CC.CCC(C)C1CCC2(C)CCC3(C)C(CCC4C5(C)CCC(C)C(C)(C)C5CCC43C)C12. The largest absolute Gasteiger partial charge is 0.106 e. The molecule has 0 nitrogen and oxygen atoms in total. The highest BCUT2D eigenvalue weighted by molar-refractivity contribution is 5.18. The fraction of sp³-hybridized carbons (Fsp3) is 0.944. The lowest BCUT2D eigenvalue weighted by Gasteiger charge is -2.73. The highest BCUT2D eigenvalue weighted by atomic mass is 14.7. The van der Waals surface area contributed by atoms with Gasteiger partial charge < -0.3 is 0 Å². The van der Waals surface area contributed by atoms with Gasteiger partial charge in [0.15, 0.2) is 0 Å². The summed E-state index contributed by atoms with van der Waals surface area (Å²) < 4.78 is 0. The van der Waals surface area contributed by atoms with Crippen molar-refractivity contribution in [3.63, 3.8) is 0 Å². The lowest BCUT2D eigenvalue weighted by Crippen LogP contribution is -2.66. The second kappa shape index (κ2) is 10.4. The topological polar surface area (TPSA) is 0 Å². The van der Waals surface area contributed by atoms with Crippen molar-refractivity contribution in [3.05, 3.63) is 13.2 Å². The standard InChI is InChI=1S/C32H56.C2H6.C2H4/c1-10-21(2)23-14-16-29(6)19-20-31(8)24(27(23)29)11-12-26-30(7)17-13-22(3)28(4,5)25(30)15-18-32(26,31)9;2*1-2/h21-27H,10-20H2,1-9H3;1-2H3;1-2H2. The number of rotatable bonds is 2. The Morgan fingerprint density at radius 2 is 1.36 bits per heavy atom. The lowest BCUT2D eigenvalue weighted by atomic mass is 9.32. The summed E-state index contributed by atoms with van der Waals surface area (Å²) in [5.74, 6) is 6.68. The molecule has 0 saturated heterocycles. The van der Waals surface area contributed by atoms with Crippen LogP contribution in [0.4, 0.5) is 0 Å². The maximum Gasteiger partial charge on any atom is -0.0235 e. The average molecular weight is 499 g/mol. The molecule has 0 amide bonds. The van der Waals surface area contributed by atoms with E-state index in [-0.39, 0.29) is 0 Å². The van der Waals surface area contributed by atoms with Crippen LogP contribution in [0.1, 0.15) is 147 Å². The molecule has 0 aromatic carbocycles. The first-order valence-corrected chi connectivity index (χ1v) is 16.3. The predicted molar refractivity (Wildman–Crippen MR) is 161 cm³/mol. The fourth-order valence-electron chi connectivity index (χ4n) is 12.1. The summed E-state index contributed by atoms with van der Waals surface area (Å²) in [6.45, 7) is 34.0. The van der Waals surface area contributed by atoms with E-state index in [1.807, 2.05) is 13.8 Å². The van der Waals surface area contributed by atoms with Crippen molar-refractivity contribution in [2.75, 3.05) is 0 Å². The molecule has 5 aliphatic carbocycles. The Morgan fingerprint density at radius 3 is 1.97 bits per heavy atom. The van der Waals surface area contributed by atoms with Crippen LogP contribution in [0.25, 0.3) is 0 Å². The molecule has 5 aliphatic rings. The van der Waals surface area contributed by atoms with Gasteiger partial charge >= 0.3 is 0 Å². The van der Waals surface area contributed by atoms with Crippen molar-refractivity contribution in [2.45, 2.75) is 147 Å². The minimum absolute atomic E-state index is 0.518. The Kier molecular flexibility index (Phi) is 8.73. The van der Waals surface area contributed by atoms with E-state index in [0.717, 1.165) is 41.4 Å². The molecule has 11 atom stereocenters. The van der Waals surface area contributed by atoms with E-state index >= 15 is 0 Å². The Hall–Kier alpha value is -0.260. The van der Waals surface area contributed by atoms with Gasteiger partial charge in [-0.25, -0.2) is 0 Å². The molecule has 5 rings (SSSR count). The Bertz CT molecular complexity index is 749. The zero-order valence-corrected chi connectivity index (χ0v) is 26.7. The molecule has 0 radical (unpaired) electrons. The average Bonchev–Trinajstić information content (AvgIpc) is 3.22. The predicted octanol–water partition coefficient (Wildman–Crippen LogP) is 11.6. The Balaban J connectivity index is 0.000000861. The molecule has 5 fully saturated rings. The minimum Gasteiger partial charge on any atom is -0.106 e. The highest BCUT2D eigenvalue weighted by Crippen LogP contribution is 2.77. The molecular weight excluding hydrogens is 432 g/mol. The summed E-state index contributed by atoms with van der Waals surface area (Å²) >= 11 is 0. The Labute approximate surface area is 228 Å². The monoisotopic (exact) mass is 499 g/mol. The first-order chi connectivity index (χ1) is 16.8. The van der Waals surface area contributed by atoms with Crippen molar-refractivity contribution in [2.24, 2.45) is 68.5 Å². The molecule has 11 unspecified atom stereocenters. The normalized spacial score (nSPS) is 51.5. The first kappa shape index (κ1) is 30.3. The fourth-order valence-corrected chi connectivity index (χ4v) is 12.1. The molecule has 0 aliphatic heterocycles. The lowest BCUT2D eigenvalue weighted by molar-refractivity contribution is -0.242. The molecule has 0 heteroatoms. The van der Waals surface area contributed by atoms with Gasteiger partial charge in [-0.3, -0.25) is 0 Å². The van der Waals surface area contributed by atoms with Crippen LogP contribution in [0.3, 0.4) is 0 Å². The van der Waals surface area contributed by atoms with E-state index in [4.69, 9.17) is 0 Å². The molecule has 0 heterocycles. The van der Waals surface area contributed by atoms with Gasteiger partial charge in [-0.2, -0.15) is 0 Å². The molecule has 0 bridgehead atoms. The van der Waals surface area contributed by atoms with Crippen molar-refractivity contribution < 1.29 is 0 Å². The maximum atomic E-state index is 3.00. The van der Waals surface area contributed by atoms with Gasteiger partial charge in [0.05, 0.1) is 0 Å². The van der Waals surface area contributed by atoms with Gasteiger partial charge in [-0.15, -0.1) is 13.2 Å². The second-order valence-corrected chi connectivity index (χ2v) is 15.7. The number of hydrogen-bond donors (Lipinski definition) is 0. The van der Waals surface area contributed by atoms with Gasteiger partial charge in [0.2, 0.25) is 0 Å². The van der Waals surface area contributed by atoms with Crippen molar-refractivity contribution >= 4 is 0 Å². The van der Waals surface area contributed by atoms with E-state index in [1.54, 1.807) is 6.42 Å². The van der Waals surface area contributed by atoms with Gasteiger partial charge in [-0.1, -0.05) is 82.6 Å². The summed E-state index contributed by atoms with van der Waals surface area (Å²) in [6, 6.07) is 0. The molecule has 210 valence electrons. The molecule has 0 spiro atoms. The van der Waals surface area contributed by atoms with Gasteiger partial charge in [-0.05, 0) is 133 Å². The first-order valence-electron chi connectivity index (χ1n) is 16.3. The van der Waals surface area contributed by atoms with Crippen LogP contribution in [0.15, 0.2) is 13.2 Å². The molecule has 0 N–H and O–H groups in total. The third kappa shape index (κ3) is 4.03. The molecular formula is C36H66. The van der Waals surface area contributed by atoms with Crippen molar-refractivity contribution in [1.82, 2.24) is 0 Å². The summed E-state index contributed by atoms with van der Waals surface area (Å²) in [7, 11) is 0. The molecule has 0 aromatic rings. The van der Waals surface area contributed by atoms with Crippen LogP contribution in [-0.2, 0) is 0 Å². The van der Waals surface area contributed by atoms with E-state index in [9.17, 15) is 0 Å². The highest BCUT2D eigenvalue weighted by Gasteiger charge is 2.70.